The summed E-state index contributed by atoms with van der Waals surface area (Å²) in [6.45, 7) is 2.13. The number of carbonyl (C=O) groups excluding carboxylic acids is 1. The van der Waals surface area contributed by atoms with E-state index in [0.717, 1.165) is 0 Å². The van der Waals surface area contributed by atoms with Gasteiger partial charge in [0.15, 0.2) is 0 Å². The number of aromatic nitrogens is 1. The van der Waals surface area contributed by atoms with E-state index in [9.17, 15) is 13.6 Å². The predicted octanol–water partition coefficient (Wildman–Crippen LogP) is 2.05. The van der Waals surface area contributed by atoms with Gasteiger partial charge in [0.1, 0.15) is 5.69 Å². The number of hydrogen-bond donors (Lipinski definition) is 2. The fraction of sp³-hybridized carbons (Fsp3) is 0.545. The van der Waals surface area contributed by atoms with E-state index < -0.39 is 24.9 Å². The van der Waals surface area contributed by atoms with Crippen LogP contribution in [0.4, 0.5) is 8.78 Å². The van der Waals surface area contributed by atoms with E-state index in [0.29, 0.717) is 5.02 Å². The molecule has 0 bridgehead atoms. The number of nitrogens with one attached hydrogen (secondary N) is 1. The van der Waals surface area contributed by atoms with Crippen molar-refractivity contribution in [3.8, 4) is 0 Å². The van der Waals surface area contributed by atoms with E-state index in [4.69, 9.17) is 17.3 Å². The first-order valence-corrected chi connectivity index (χ1v) is 5.88. The van der Waals surface area contributed by atoms with Crippen molar-refractivity contribution in [3.05, 3.63) is 23.0 Å². The van der Waals surface area contributed by atoms with E-state index in [2.05, 4.69) is 5.32 Å². The third-order valence-electron chi connectivity index (χ3n) is 2.41. The van der Waals surface area contributed by atoms with Gasteiger partial charge in [-0.25, -0.2) is 8.78 Å². The van der Waals surface area contributed by atoms with Gasteiger partial charge in [-0.2, -0.15) is 0 Å². The van der Waals surface area contributed by atoms with Crippen molar-refractivity contribution in [2.45, 2.75) is 25.8 Å². The first-order chi connectivity index (χ1) is 8.26. The average molecular weight is 280 g/mol. The van der Waals surface area contributed by atoms with Crippen LogP contribution in [0.2, 0.25) is 5.02 Å². The van der Waals surface area contributed by atoms with Gasteiger partial charge in [-0.1, -0.05) is 11.6 Å². The molecule has 0 unspecified atom stereocenters. The minimum atomic E-state index is -3.10. The number of carbonyl (C=O) groups is 1. The zero-order chi connectivity index (χ0) is 13.9. The summed E-state index contributed by atoms with van der Waals surface area (Å²) in [7, 11) is 0. The van der Waals surface area contributed by atoms with Crippen LogP contribution in [0, 0.1) is 0 Å². The first kappa shape index (κ1) is 14.9. The minimum absolute atomic E-state index is 0.00766. The highest BCUT2D eigenvalue weighted by atomic mass is 35.5. The molecule has 18 heavy (non-hydrogen) atoms. The molecule has 0 spiro atoms. The summed E-state index contributed by atoms with van der Waals surface area (Å²) in [5, 5.41) is 2.54. The van der Waals surface area contributed by atoms with E-state index in [1.807, 2.05) is 13.8 Å². The SMILES string of the molecule is CC(C)n1cc(Cl)cc1C(=O)NCC(F)(F)CN. The molecule has 1 aromatic heterocycles. The molecule has 0 fully saturated rings. The molecule has 4 nitrogen and oxygen atoms in total. The lowest BCUT2D eigenvalue weighted by Crippen LogP contribution is -2.42. The van der Waals surface area contributed by atoms with Crippen molar-refractivity contribution in [2.24, 2.45) is 5.73 Å². The molecule has 0 radical (unpaired) electrons. The Morgan fingerprint density at radius 3 is 2.72 bits per heavy atom. The van der Waals surface area contributed by atoms with Gasteiger partial charge in [0.25, 0.3) is 11.8 Å². The molecule has 3 N–H and O–H groups in total. The normalized spacial score (nSPS) is 11.9. The number of amides is 1. The largest absolute Gasteiger partial charge is 0.345 e. The molecule has 0 aliphatic carbocycles. The van der Waals surface area contributed by atoms with Crippen LogP contribution in [0.3, 0.4) is 0 Å². The number of hydrogen-bond acceptors (Lipinski definition) is 2. The van der Waals surface area contributed by atoms with E-state index in [-0.39, 0.29) is 11.7 Å². The minimum Gasteiger partial charge on any atom is -0.345 e. The first-order valence-electron chi connectivity index (χ1n) is 5.50. The summed E-state index contributed by atoms with van der Waals surface area (Å²) >= 11 is 5.80. The predicted molar refractivity (Wildman–Crippen MR) is 66.2 cm³/mol. The summed E-state index contributed by atoms with van der Waals surface area (Å²) in [6, 6.07) is 1.45. The number of nitrogens with two attached hydrogens (primary N) is 1. The second-order valence-corrected chi connectivity index (χ2v) is 4.72. The lowest BCUT2D eigenvalue weighted by molar-refractivity contribution is 0.0117. The van der Waals surface area contributed by atoms with Gasteiger partial charge in [0.05, 0.1) is 18.1 Å². The number of rotatable bonds is 5. The zero-order valence-corrected chi connectivity index (χ0v) is 11.0. The highest BCUT2D eigenvalue weighted by Gasteiger charge is 2.28. The molecular formula is C11H16ClF2N3O. The standard InChI is InChI=1S/C11H16ClF2N3O/c1-7(2)17-4-8(12)3-9(17)10(18)16-6-11(13,14)5-15/h3-4,7H,5-6,15H2,1-2H3,(H,16,18). The molecule has 0 saturated carbocycles. The van der Waals surface area contributed by atoms with E-state index in [1.54, 1.807) is 10.8 Å². The Morgan fingerprint density at radius 1 is 1.61 bits per heavy atom. The topological polar surface area (TPSA) is 60.0 Å². The fourth-order valence-corrected chi connectivity index (χ4v) is 1.64. The lowest BCUT2D eigenvalue weighted by Gasteiger charge is -2.16. The van der Waals surface area contributed by atoms with Crippen LogP contribution in [0.5, 0.6) is 0 Å². The second-order valence-electron chi connectivity index (χ2n) is 4.29. The maximum Gasteiger partial charge on any atom is 0.277 e. The Hall–Kier alpha value is -1.14. The molecule has 0 saturated heterocycles. The molecule has 0 aromatic carbocycles. The molecular weight excluding hydrogens is 264 g/mol. The third-order valence-corrected chi connectivity index (χ3v) is 2.62. The molecule has 7 heteroatoms. The van der Waals surface area contributed by atoms with Crippen molar-refractivity contribution < 1.29 is 13.6 Å². The summed E-state index contributed by atoms with van der Waals surface area (Å²) in [6.07, 6.45) is 1.59. The van der Waals surface area contributed by atoms with Gasteiger partial charge >= 0.3 is 0 Å². The van der Waals surface area contributed by atoms with Gasteiger partial charge in [-0.3, -0.25) is 4.79 Å². The molecule has 102 valence electrons. The molecule has 1 amide bonds. The van der Waals surface area contributed by atoms with Gasteiger partial charge in [0, 0.05) is 12.2 Å². The van der Waals surface area contributed by atoms with E-state index >= 15 is 0 Å². The van der Waals surface area contributed by atoms with Crippen LogP contribution in [0.15, 0.2) is 12.3 Å². The van der Waals surface area contributed by atoms with Crippen LogP contribution in [0.1, 0.15) is 30.4 Å². The van der Waals surface area contributed by atoms with Gasteiger partial charge < -0.3 is 15.6 Å². The van der Waals surface area contributed by atoms with Crippen LogP contribution < -0.4 is 11.1 Å². The molecule has 1 heterocycles. The van der Waals surface area contributed by atoms with Crippen molar-refractivity contribution >= 4 is 17.5 Å². The smallest absolute Gasteiger partial charge is 0.277 e. The second kappa shape index (κ2) is 5.67. The summed E-state index contributed by atoms with van der Waals surface area (Å²) < 4.78 is 27.5. The number of halogens is 3. The Labute approximate surface area is 109 Å². The van der Waals surface area contributed by atoms with Crippen molar-refractivity contribution in [1.29, 1.82) is 0 Å². The fourth-order valence-electron chi connectivity index (χ4n) is 1.43. The van der Waals surface area contributed by atoms with E-state index in [1.165, 1.54) is 6.07 Å². The molecule has 0 atom stereocenters. The zero-order valence-electron chi connectivity index (χ0n) is 10.2. The highest BCUT2D eigenvalue weighted by Crippen LogP contribution is 2.19. The van der Waals surface area contributed by atoms with Crippen LogP contribution in [-0.4, -0.2) is 29.5 Å². The number of nitrogens with zero attached hydrogens (tertiary/aromatic N) is 1. The summed E-state index contributed by atoms with van der Waals surface area (Å²) in [5.74, 6) is -3.70. The maximum atomic E-state index is 12.9. The van der Waals surface area contributed by atoms with Crippen LogP contribution in [0.25, 0.3) is 0 Å². The Kier molecular flexibility index (Phi) is 4.70. The molecule has 0 aliphatic heterocycles. The quantitative estimate of drug-likeness (QED) is 0.866. The van der Waals surface area contributed by atoms with Gasteiger partial charge in [0.2, 0.25) is 0 Å². The monoisotopic (exact) mass is 279 g/mol. The molecule has 1 aromatic rings. The van der Waals surface area contributed by atoms with Crippen molar-refractivity contribution in [3.63, 3.8) is 0 Å². The highest BCUT2D eigenvalue weighted by molar-refractivity contribution is 6.31. The van der Waals surface area contributed by atoms with Crippen LogP contribution in [-0.2, 0) is 0 Å². The maximum absolute atomic E-state index is 12.9. The Balaban J connectivity index is 2.79. The molecule has 0 aliphatic rings. The lowest BCUT2D eigenvalue weighted by atomic mass is 10.3. The van der Waals surface area contributed by atoms with Crippen LogP contribution >= 0.6 is 11.6 Å². The van der Waals surface area contributed by atoms with Gasteiger partial charge in [-0.05, 0) is 19.9 Å². The average Bonchev–Trinajstić information content (AvgIpc) is 2.68. The van der Waals surface area contributed by atoms with Gasteiger partial charge in [-0.15, -0.1) is 0 Å². The third kappa shape index (κ3) is 3.68. The van der Waals surface area contributed by atoms with Crippen molar-refractivity contribution in [1.82, 2.24) is 9.88 Å². The Morgan fingerprint density at radius 2 is 2.22 bits per heavy atom. The summed E-state index contributed by atoms with van der Waals surface area (Å²) in [5.41, 5.74) is 5.14. The molecule has 1 rings (SSSR count). The number of alkyl halides is 2. The summed E-state index contributed by atoms with van der Waals surface area (Å²) in [4.78, 5) is 11.8. The Bertz CT molecular complexity index is 432. The van der Waals surface area contributed by atoms with Crippen molar-refractivity contribution in [2.75, 3.05) is 13.1 Å².